The third-order valence-electron chi connectivity index (χ3n) is 4.85. The maximum Gasteiger partial charge on any atom is 0.0459 e. The second-order valence-corrected chi connectivity index (χ2v) is 5.91. The molecule has 0 spiro atoms. The summed E-state index contributed by atoms with van der Waals surface area (Å²) in [6, 6.07) is 9.47. The number of rotatable bonds is 2. The summed E-state index contributed by atoms with van der Waals surface area (Å²) in [5, 5.41) is 0. The molecule has 1 aromatic carbocycles. The summed E-state index contributed by atoms with van der Waals surface area (Å²) < 4.78 is 0. The van der Waals surface area contributed by atoms with Crippen molar-refractivity contribution in [2.45, 2.75) is 44.7 Å². The molecule has 0 radical (unpaired) electrons. The highest BCUT2D eigenvalue weighted by Gasteiger charge is 2.35. The van der Waals surface area contributed by atoms with Crippen molar-refractivity contribution in [2.24, 2.45) is 11.7 Å². The summed E-state index contributed by atoms with van der Waals surface area (Å²) in [4.78, 5) is 2.66. The Labute approximate surface area is 110 Å². The molecule has 0 amide bonds. The molecular weight excluding hydrogens is 220 g/mol. The number of nitrogens with two attached hydrogens (primary N) is 1. The van der Waals surface area contributed by atoms with Gasteiger partial charge in [-0.1, -0.05) is 37.6 Å². The van der Waals surface area contributed by atoms with E-state index in [1.165, 1.54) is 43.5 Å². The lowest BCUT2D eigenvalue weighted by molar-refractivity contribution is 0.111. The van der Waals surface area contributed by atoms with Gasteiger partial charge < -0.3 is 5.73 Å². The molecule has 0 saturated carbocycles. The summed E-state index contributed by atoms with van der Waals surface area (Å²) in [7, 11) is 0. The first-order chi connectivity index (χ1) is 8.79. The topological polar surface area (TPSA) is 29.3 Å². The van der Waals surface area contributed by atoms with Crippen LogP contribution in [0.15, 0.2) is 24.3 Å². The van der Waals surface area contributed by atoms with Crippen molar-refractivity contribution in [1.82, 2.24) is 4.90 Å². The zero-order valence-corrected chi connectivity index (χ0v) is 11.3. The second-order valence-electron chi connectivity index (χ2n) is 5.91. The van der Waals surface area contributed by atoms with E-state index in [1.54, 1.807) is 0 Å². The first kappa shape index (κ1) is 12.2. The summed E-state index contributed by atoms with van der Waals surface area (Å²) in [5.74, 6) is 0.884. The lowest BCUT2D eigenvalue weighted by Gasteiger charge is -2.38. The molecule has 3 atom stereocenters. The number of benzene rings is 1. The van der Waals surface area contributed by atoms with E-state index >= 15 is 0 Å². The molecule has 1 fully saturated rings. The Hall–Kier alpha value is -0.860. The van der Waals surface area contributed by atoms with Gasteiger partial charge in [0.1, 0.15) is 0 Å². The van der Waals surface area contributed by atoms with E-state index in [0.717, 1.165) is 12.3 Å². The standard InChI is InChI=1S/C16H24N2/c1-2-12-6-5-9-18(11-12)15-10-13-7-3-4-8-14(13)16(15)17/h3-4,7-8,12,15-16H,2,5-6,9-11,17H2,1H3. The Morgan fingerprint density at radius 1 is 1.33 bits per heavy atom. The molecule has 0 aromatic heterocycles. The van der Waals surface area contributed by atoms with E-state index in [9.17, 15) is 0 Å². The van der Waals surface area contributed by atoms with Crippen LogP contribution in [-0.2, 0) is 6.42 Å². The van der Waals surface area contributed by atoms with Gasteiger partial charge in [-0.3, -0.25) is 4.90 Å². The van der Waals surface area contributed by atoms with Gasteiger partial charge in [0.2, 0.25) is 0 Å². The predicted molar refractivity (Wildman–Crippen MR) is 75.5 cm³/mol. The third kappa shape index (κ3) is 2.08. The molecule has 3 unspecified atom stereocenters. The molecule has 2 N–H and O–H groups in total. The van der Waals surface area contributed by atoms with Crippen LogP contribution in [0.4, 0.5) is 0 Å². The predicted octanol–water partition coefficient (Wildman–Crippen LogP) is 2.73. The van der Waals surface area contributed by atoms with E-state index in [4.69, 9.17) is 5.73 Å². The van der Waals surface area contributed by atoms with Crippen molar-refractivity contribution in [1.29, 1.82) is 0 Å². The fourth-order valence-corrected chi connectivity index (χ4v) is 3.69. The van der Waals surface area contributed by atoms with E-state index in [2.05, 4.69) is 36.1 Å². The average Bonchev–Trinajstić information content (AvgIpc) is 2.77. The lowest BCUT2D eigenvalue weighted by Crippen LogP contribution is -2.46. The average molecular weight is 244 g/mol. The second kappa shape index (κ2) is 5.02. The van der Waals surface area contributed by atoms with Gasteiger partial charge >= 0.3 is 0 Å². The highest BCUT2D eigenvalue weighted by atomic mass is 15.2. The first-order valence-electron chi connectivity index (χ1n) is 7.37. The molecule has 18 heavy (non-hydrogen) atoms. The van der Waals surface area contributed by atoms with Crippen molar-refractivity contribution in [3.8, 4) is 0 Å². The fraction of sp³-hybridized carbons (Fsp3) is 0.625. The van der Waals surface area contributed by atoms with Crippen LogP contribution in [0.5, 0.6) is 0 Å². The fourth-order valence-electron chi connectivity index (χ4n) is 3.69. The Bertz CT molecular complexity index is 415. The van der Waals surface area contributed by atoms with Gasteiger partial charge in [-0.25, -0.2) is 0 Å². The lowest BCUT2D eigenvalue weighted by atomic mass is 9.93. The molecule has 2 aliphatic rings. The molecule has 1 aromatic rings. The van der Waals surface area contributed by atoms with E-state index in [1.807, 2.05) is 0 Å². The van der Waals surface area contributed by atoms with Crippen molar-refractivity contribution in [3.63, 3.8) is 0 Å². The molecular formula is C16H24N2. The molecule has 1 aliphatic heterocycles. The van der Waals surface area contributed by atoms with Crippen molar-refractivity contribution in [3.05, 3.63) is 35.4 Å². The molecule has 1 saturated heterocycles. The van der Waals surface area contributed by atoms with Crippen LogP contribution >= 0.6 is 0 Å². The first-order valence-corrected chi connectivity index (χ1v) is 7.37. The maximum atomic E-state index is 6.47. The zero-order chi connectivity index (χ0) is 12.5. The summed E-state index contributed by atoms with van der Waals surface area (Å²) in [5.41, 5.74) is 9.31. The van der Waals surface area contributed by atoms with Gasteiger partial charge in [0.15, 0.2) is 0 Å². The van der Waals surface area contributed by atoms with Crippen LogP contribution in [0.2, 0.25) is 0 Å². The molecule has 3 rings (SSSR count). The molecule has 98 valence electrons. The Kier molecular flexibility index (Phi) is 3.40. The van der Waals surface area contributed by atoms with Gasteiger partial charge in [-0.05, 0) is 42.9 Å². The normalized spacial score (nSPS) is 32.4. The smallest absolute Gasteiger partial charge is 0.0459 e. The number of piperidine rings is 1. The Morgan fingerprint density at radius 2 is 2.17 bits per heavy atom. The van der Waals surface area contributed by atoms with Crippen LogP contribution in [0.25, 0.3) is 0 Å². The van der Waals surface area contributed by atoms with Crippen LogP contribution in [-0.4, -0.2) is 24.0 Å². The third-order valence-corrected chi connectivity index (χ3v) is 4.85. The minimum Gasteiger partial charge on any atom is -0.323 e. The van der Waals surface area contributed by atoms with Crippen LogP contribution in [0.3, 0.4) is 0 Å². The maximum absolute atomic E-state index is 6.47. The largest absolute Gasteiger partial charge is 0.323 e. The quantitative estimate of drug-likeness (QED) is 0.866. The number of fused-ring (bicyclic) bond motifs is 1. The van der Waals surface area contributed by atoms with Crippen LogP contribution < -0.4 is 5.73 Å². The molecule has 1 aliphatic carbocycles. The van der Waals surface area contributed by atoms with E-state index in [0.29, 0.717) is 6.04 Å². The number of likely N-dealkylation sites (tertiary alicyclic amines) is 1. The van der Waals surface area contributed by atoms with Gasteiger partial charge in [-0.2, -0.15) is 0 Å². The number of hydrogen-bond donors (Lipinski definition) is 1. The van der Waals surface area contributed by atoms with Gasteiger partial charge in [0.25, 0.3) is 0 Å². The van der Waals surface area contributed by atoms with Gasteiger partial charge in [-0.15, -0.1) is 0 Å². The van der Waals surface area contributed by atoms with E-state index < -0.39 is 0 Å². The SMILES string of the molecule is CCC1CCCN(C2Cc3ccccc3C2N)C1. The highest BCUT2D eigenvalue weighted by Crippen LogP contribution is 2.34. The number of hydrogen-bond acceptors (Lipinski definition) is 2. The molecule has 2 nitrogen and oxygen atoms in total. The molecule has 0 bridgehead atoms. The molecule has 2 heteroatoms. The van der Waals surface area contributed by atoms with Gasteiger partial charge in [0.05, 0.1) is 0 Å². The van der Waals surface area contributed by atoms with Crippen molar-refractivity contribution in [2.75, 3.05) is 13.1 Å². The highest BCUT2D eigenvalue weighted by molar-refractivity contribution is 5.36. The Balaban J connectivity index is 1.75. The summed E-state index contributed by atoms with van der Waals surface area (Å²) in [6.07, 6.45) is 5.21. The molecule has 1 heterocycles. The minimum atomic E-state index is 0.219. The van der Waals surface area contributed by atoms with Crippen molar-refractivity contribution >= 4 is 0 Å². The number of nitrogens with zero attached hydrogens (tertiary/aromatic N) is 1. The minimum absolute atomic E-state index is 0.219. The summed E-state index contributed by atoms with van der Waals surface area (Å²) in [6.45, 7) is 4.81. The van der Waals surface area contributed by atoms with Crippen LogP contribution in [0.1, 0.15) is 43.4 Å². The zero-order valence-electron chi connectivity index (χ0n) is 11.3. The van der Waals surface area contributed by atoms with Crippen molar-refractivity contribution < 1.29 is 0 Å². The van der Waals surface area contributed by atoms with Gasteiger partial charge in [0, 0.05) is 18.6 Å². The summed E-state index contributed by atoms with van der Waals surface area (Å²) >= 11 is 0. The Morgan fingerprint density at radius 3 is 2.94 bits per heavy atom. The van der Waals surface area contributed by atoms with E-state index in [-0.39, 0.29) is 6.04 Å². The van der Waals surface area contributed by atoms with Crippen LogP contribution in [0, 0.1) is 5.92 Å². The monoisotopic (exact) mass is 244 g/mol.